The third-order valence-corrected chi connectivity index (χ3v) is 8.05. The van der Waals surface area contributed by atoms with Gasteiger partial charge in [0.05, 0.1) is 11.8 Å². The predicted octanol–water partition coefficient (Wildman–Crippen LogP) is 3.04. The topological polar surface area (TPSA) is 110 Å². The Balaban J connectivity index is 1.27. The largest absolute Gasteiger partial charge is 0.392 e. The number of H-pyrrole nitrogens is 1. The minimum absolute atomic E-state index is 0.199. The van der Waals surface area contributed by atoms with Crippen molar-refractivity contribution >= 4 is 23.5 Å². The van der Waals surface area contributed by atoms with Crippen LogP contribution in [-0.4, -0.2) is 67.9 Å². The minimum Gasteiger partial charge on any atom is -0.392 e. The number of carbonyl (C=O) groups is 1. The average molecular weight is 466 g/mol. The molecular formula is C25H35N7O2. The number of likely N-dealkylation sites (tertiary alicyclic amines) is 1. The molecule has 2 aromatic rings. The molecule has 3 N–H and O–H groups in total. The second-order valence-corrected chi connectivity index (χ2v) is 10.4. The Hall–Kier alpha value is -2.68. The molecule has 0 aromatic carbocycles. The molecule has 0 radical (unpaired) electrons. The number of anilines is 3. The Morgan fingerprint density at radius 3 is 2.65 bits per heavy atom. The van der Waals surface area contributed by atoms with Crippen molar-refractivity contribution in [3.63, 3.8) is 0 Å². The van der Waals surface area contributed by atoms with Gasteiger partial charge in [0.15, 0.2) is 5.82 Å². The standard InChI is InChI=1S/C25H35N7O2/c33-17-13-18-20(14-17)26-25(32-12-6-9-21(32)24(34)31-10-4-1-5-11-31)28-23(18)27-22-15-19(29-30-22)16-7-2-3-8-16/h15-17,21,33H,1-14H2,(H2,26,27,28,29,30)/t17?,21-/m1/s1. The van der Waals surface area contributed by atoms with Gasteiger partial charge in [-0.05, 0) is 44.9 Å². The maximum Gasteiger partial charge on any atom is 0.245 e. The highest BCUT2D eigenvalue weighted by atomic mass is 16.3. The van der Waals surface area contributed by atoms with Gasteiger partial charge in [0.1, 0.15) is 11.9 Å². The zero-order valence-corrected chi connectivity index (χ0v) is 19.8. The van der Waals surface area contributed by atoms with E-state index >= 15 is 0 Å². The maximum atomic E-state index is 13.3. The summed E-state index contributed by atoms with van der Waals surface area (Å²) in [4.78, 5) is 27.2. The van der Waals surface area contributed by atoms with Gasteiger partial charge in [-0.2, -0.15) is 10.1 Å². The fourth-order valence-electron chi connectivity index (χ4n) is 6.22. The van der Waals surface area contributed by atoms with E-state index in [4.69, 9.17) is 9.97 Å². The molecule has 4 aliphatic rings. The normalized spacial score (nSPS) is 25.2. The number of rotatable bonds is 5. The van der Waals surface area contributed by atoms with Crippen LogP contribution in [0, 0.1) is 0 Å². The summed E-state index contributed by atoms with van der Waals surface area (Å²) < 4.78 is 0. The molecule has 2 atom stereocenters. The smallest absolute Gasteiger partial charge is 0.245 e. The molecule has 4 heterocycles. The summed E-state index contributed by atoms with van der Waals surface area (Å²) >= 11 is 0. The Bertz CT molecular complexity index is 1040. The fourth-order valence-corrected chi connectivity index (χ4v) is 6.22. The molecule has 9 heteroatoms. The van der Waals surface area contributed by atoms with E-state index in [0.29, 0.717) is 30.5 Å². The summed E-state index contributed by atoms with van der Waals surface area (Å²) in [6, 6.07) is 1.89. The van der Waals surface area contributed by atoms with Crippen molar-refractivity contribution in [1.82, 2.24) is 25.1 Å². The van der Waals surface area contributed by atoms with Crippen LogP contribution in [-0.2, 0) is 17.6 Å². The molecule has 0 spiro atoms. The first-order valence-corrected chi connectivity index (χ1v) is 13.1. The van der Waals surface area contributed by atoms with Crippen molar-refractivity contribution in [2.45, 2.75) is 88.7 Å². The van der Waals surface area contributed by atoms with Crippen LogP contribution in [0.2, 0.25) is 0 Å². The average Bonchev–Trinajstić information content (AvgIpc) is 3.65. The van der Waals surface area contributed by atoms with Crippen molar-refractivity contribution in [2.24, 2.45) is 0 Å². The molecule has 182 valence electrons. The van der Waals surface area contributed by atoms with Crippen LogP contribution in [0.25, 0.3) is 0 Å². The number of hydrogen-bond acceptors (Lipinski definition) is 7. The predicted molar refractivity (Wildman–Crippen MR) is 129 cm³/mol. The van der Waals surface area contributed by atoms with Crippen LogP contribution in [0.4, 0.5) is 17.6 Å². The lowest BCUT2D eigenvalue weighted by Gasteiger charge is -2.32. The fraction of sp³-hybridized carbons (Fsp3) is 0.680. The zero-order valence-electron chi connectivity index (χ0n) is 19.8. The van der Waals surface area contributed by atoms with E-state index in [1.807, 2.05) is 4.90 Å². The van der Waals surface area contributed by atoms with E-state index in [1.54, 1.807) is 0 Å². The summed E-state index contributed by atoms with van der Waals surface area (Å²) in [5.74, 6) is 2.82. The number of aromatic nitrogens is 4. The van der Waals surface area contributed by atoms with Gasteiger partial charge < -0.3 is 20.2 Å². The minimum atomic E-state index is -0.447. The molecular weight excluding hydrogens is 430 g/mol. The summed E-state index contributed by atoms with van der Waals surface area (Å²) in [6.07, 6.45) is 10.8. The number of nitrogens with zero attached hydrogens (tertiary/aromatic N) is 5. The van der Waals surface area contributed by atoms with Gasteiger partial charge in [-0.1, -0.05) is 12.8 Å². The first-order chi connectivity index (χ1) is 16.7. The van der Waals surface area contributed by atoms with Crippen LogP contribution in [0.3, 0.4) is 0 Å². The Labute approximate surface area is 200 Å². The lowest BCUT2D eigenvalue weighted by molar-refractivity contribution is -0.133. The second kappa shape index (κ2) is 9.17. The molecule has 0 bridgehead atoms. The number of aromatic amines is 1. The molecule has 2 aliphatic heterocycles. The summed E-state index contributed by atoms with van der Waals surface area (Å²) in [7, 11) is 0. The Morgan fingerprint density at radius 2 is 1.82 bits per heavy atom. The van der Waals surface area contributed by atoms with Crippen molar-refractivity contribution < 1.29 is 9.90 Å². The number of fused-ring (bicyclic) bond motifs is 1. The quantitative estimate of drug-likeness (QED) is 0.622. The molecule has 1 saturated carbocycles. The van der Waals surface area contributed by atoms with Gasteiger partial charge in [0, 0.05) is 55.7 Å². The van der Waals surface area contributed by atoms with E-state index in [1.165, 1.54) is 37.8 Å². The first-order valence-electron chi connectivity index (χ1n) is 13.1. The van der Waals surface area contributed by atoms with Gasteiger partial charge >= 0.3 is 0 Å². The van der Waals surface area contributed by atoms with E-state index in [2.05, 4.69) is 26.5 Å². The van der Waals surface area contributed by atoms with Gasteiger partial charge in [-0.25, -0.2) is 4.98 Å². The van der Waals surface area contributed by atoms with Gasteiger partial charge in [0.2, 0.25) is 11.9 Å². The van der Waals surface area contributed by atoms with Crippen molar-refractivity contribution in [3.8, 4) is 0 Å². The molecule has 34 heavy (non-hydrogen) atoms. The molecule has 1 amide bonds. The number of piperidine rings is 1. The van der Waals surface area contributed by atoms with Gasteiger partial charge in [0.25, 0.3) is 0 Å². The SMILES string of the molecule is O=C([C@H]1CCCN1c1nc2c(c(Nc3cc(C4CCCC4)[nH]n3)n1)CC(O)C2)N1CCCCC1. The monoisotopic (exact) mass is 465 g/mol. The number of amides is 1. The molecule has 6 rings (SSSR count). The van der Waals surface area contributed by atoms with Gasteiger partial charge in [-0.3, -0.25) is 9.89 Å². The van der Waals surface area contributed by atoms with Crippen LogP contribution < -0.4 is 10.2 Å². The molecule has 9 nitrogen and oxygen atoms in total. The number of aliphatic hydroxyl groups is 1. The number of nitrogens with one attached hydrogen (secondary N) is 2. The number of carbonyl (C=O) groups excluding carboxylic acids is 1. The van der Waals surface area contributed by atoms with E-state index in [0.717, 1.165) is 62.4 Å². The molecule has 1 unspecified atom stereocenters. The highest BCUT2D eigenvalue weighted by molar-refractivity contribution is 5.85. The van der Waals surface area contributed by atoms with Gasteiger partial charge in [-0.15, -0.1) is 0 Å². The molecule has 2 aliphatic carbocycles. The highest BCUT2D eigenvalue weighted by Crippen LogP contribution is 2.36. The Morgan fingerprint density at radius 1 is 1.00 bits per heavy atom. The van der Waals surface area contributed by atoms with Crippen LogP contribution in [0.5, 0.6) is 0 Å². The molecule has 2 aromatic heterocycles. The van der Waals surface area contributed by atoms with Crippen molar-refractivity contribution in [3.05, 3.63) is 23.0 Å². The highest BCUT2D eigenvalue weighted by Gasteiger charge is 2.37. The van der Waals surface area contributed by atoms with Crippen molar-refractivity contribution in [2.75, 3.05) is 29.9 Å². The van der Waals surface area contributed by atoms with E-state index in [-0.39, 0.29) is 11.9 Å². The lowest BCUT2D eigenvalue weighted by Crippen LogP contribution is -2.48. The molecule has 3 fully saturated rings. The maximum absolute atomic E-state index is 13.3. The third kappa shape index (κ3) is 4.15. The lowest BCUT2D eigenvalue weighted by atomic mass is 10.0. The summed E-state index contributed by atoms with van der Waals surface area (Å²) in [6.45, 7) is 2.49. The number of aliphatic hydroxyl groups excluding tert-OH is 1. The van der Waals surface area contributed by atoms with Crippen LogP contribution >= 0.6 is 0 Å². The van der Waals surface area contributed by atoms with Crippen molar-refractivity contribution in [1.29, 1.82) is 0 Å². The second-order valence-electron chi connectivity index (χ2n) is 10.4. The van der Waals surface area contributed by atoms with Crippen LogP contribution in [0.15, 0.2) is 6.07 Å². The van der Waals surface area contributed by atoms with Crippen LogP contribution in [0.1, 0.15) is 80.7 Å². The van der Waals surface area contributed by atoms with E-state index < -0.39 is 6.10 Å². The third-order valence-electron chi connectivity index (χ3n) is 8.05. The number of hydrogen-bond donors (Lipinski definition) is 3. The summed E-state index contributed by atoms with van der Waals surface area (Å²) in [5.41, 5.74) is 3.01. The zero-order chi connectivity index (χ0) is 23.1. The Kier molecular flexibility index (Phi) is 5.89. The first kappa shape index (κ1) is 21.8. The summed E-state index contributed by atoms with van der Waals surface area (Å²) in [5, 5.41) is 21.5. The van der Waals surface area contributed by atoms with E-state index in [9.17, 15) is 9.90 Å². The molecule has 2 saturated heterocycles.